The van der Waals surface area contributed by atoms with E-state index in [4.69, 9.17) is 4.74 Å². The van der Waals surface area contributed by atoms with Gasteiger partial charge in [0.05, 0.1) is 5.60 Å². The van der Waals surface area contributed by atoms with E-state index in [-0.39, 0.29) is 18.0 Å². The fourth-order valence-electron chi connectivity index (χ4n) is 5.86. The number of carbonyl (C=O) groups is 2. The second kappa shape index (κ2) is 11.2. The quantitative estimate of drug-likeness (QED) is 0.340. The van der Waals surface area contributed by atoms with Crippen molar-refractivity contribution in [3.63, 3.8) is 0 Å². The third-order valence-electron chi connectivity index (χ3n) is 8.58. The lowest BCUT2D eigenvalue weighted by Crippen LogP contribution is -2.71. The minimum atomic E-state index is -1.74. The maximum absolute atomic E-state index is 13.1. The molecular weight excluding hydrogens is 412 g/mol. The summed E-state index contributed by atoms with van der Waals surface area (Å²) in [5.41, 5.74) is -2.93. The molecule has 2 rings (SSSR count). The molecule has 0 spiro atoms. The zero-order chi connectivity index (χ0) is 25.0. The Labute approximate surface area is 202 Å². The highest BCUT2D eigenvalue weighted by Crippen LogP contribution is 2.49. The molecule has 5 atom stereocenters. The zero-order valence-electron chi connectivity index (χ0n) is 22.7. The Hall–Kier alpha value is -1.00. The Kier molecular flexibility index (Phi) is 9.55. The molecule has 1 heterocycles. The maximum atomic E-state index is 13.1. The molecule has 4 heteroatoms. The van der Waals surface area contributed by atoms with Crippen LogP contribution in [0.5, 0.6) is 0 Å². The molecule has 2 aliphatic rings. The fraction of sp³-hybridized carbons (Fsp3) is 0.862. The van der Waals surface area contributed by atoms with Crippen LogP contribution in [0.4, 0.5) is 0 Å². The Morgan fingerprint density at radius 3 is 1.82 bits per heavy atom. The molecule has 1 aliphatic carbocycles. The van der Waals surface area contributed by atoms with Crippen LogP contribution in [0.25, 0.3) is 0 Å². The highest BCUT2D eigenvalue weighted by Gasteiger charge is 2.65. The van der Waals surface area contributed by atoms with Crippen LogP contribution in [-0.2, 0) is 14.3 Å². The van der Waals surface area contributed by atoms with Gasteiger partial charge in [-0.3, -0.25) is 9.59 Å². The number of rotatable bonds is 12. The lowest BCUT2D eigenvalue weighted by molar-refractivity contribution is -0.250. The lowest BCUT2D eigenvalue weighted by Gasteiger charge is -2.54. The molecule has 1 aliphatic heterocycles. The van der Waals surface area contributed by atoms with Crippen molar-refractivity contribution in [2.24, 2.45) is 17.8 Å². The summed E-state index contributed by atoms with van der Waals surface area (Å²) >= 11 is 0. The van der Waals surface area contributed by atoms with Crippen molar-refractivity contribution in [3.8, 4) is 0 Å². The lowest BCUT2D eigenvalue weighted by atomic mass is 9.63. The van der Waals surface area contributed by atoms with E-state index in [0.29, 0.717) is 23.5 Å². The van der Waals surface area contributed by atoms with Crippen LogP contribution < -0.4 is 0 Å². The molecule has 0 aromatic heterocycles. The summed E-state index contributed by atoms with van der Waals surface area (Å²) in [5, 5.41) is 11.2. The number of carbonyl (C=O) groups excluding carboxylic acids is 2. The standard InChI is InChI=1S/C29H50O4/c1-20(2)12-9-13-21(3)14-10-15-22(4)16-11-17-27(7)18-19-29(32)26(31)24(6)23(5)25(30)28(29,8)33-27/h20-22,32H,9-19H2,1-8H3/t21-,22-,27-,28+,29+/m0/s1. The topological polar surface area (TPSA) is 63.6 Å². The first-order valence-electron chi connectivity index (χ1n) is 13.5. The van der Waals surface area contributed by atoms with Gasteiger partial charge in [0.1, 0.15) is 0 Å². The van der Waals surface area contributed by atoms with Crippen LogP contribution in [-0.4, -0.2) is 33.5 Å². The normalized spacial score (nSPS) is 32.3. The van der Waals surface area contributed by atoms with Crippen molar-refractivity contribution < 1.29 is 19.4 Å². The molecule has 0 bridgehead atoms. The Morgan fingerprint density at radius 2 is 1.27 bits per heavy atom. The van der Waals surface area contributed by atoms with Gasteiger partial charge in [-0.2, -0.15) is 0 Å². The molecule has 4 nitrogen and oxygen atoms in total. The van der Waals surface area contributed by atoms with Gasteiger partial charge in [0, 0.05) is 11.1 Å². The van der Waals surface area contributed by atoms with Gasteiger partial charge in [0.2, 0.25) is 0 Å². The summed E-state index contributed by atoms with van der Waals surface area (Å²) in [7, 11) is 0. The Morgan fingerprint density at radius 1 is 0.788 bits per heavy atom. The molecule has 1 N–H and O–H groups in total. The second-order valence-electron chi connectivity index (χ2n) is 12.2. The first-order valence-corrected chi connectivity index (χ1v) is 13.5. The number of ether oxygens (including phenoxy) is 1. The van der Waals surface area contributed by atoms with Gasteiger partial charge in [-0.05, 0) is 64.7 Å². The summed E-state index contributed by atoms with van der Waals surface area (Å²) in [6.07, 6.45) is 11.8. The molecule has 0 saturated carbocycles. The molecule has 0 aromatic rings. The van der Waals surface area contributed by atoms with E-state index >= 15 is 0 Å². The van der Waals surface area contributed by atoms with Crippen LogP contribution in [0.2, 0.25) is 0 Å². The third kappa shape index (κ3) is 6.36. The number of aliphatic hydroxyl groups is 1. The molecule has 190 valence electrons. The highest BCUT2D eigenvalue weighted by atomic mass is 16.5. The van der Waals surface area contributed by atoms with Crippen molar-refractivity contribution in [2.75, 3.05) is 0 Å². The van der Waals surface area contributed by atoms with E-state index in [0.717, 1.165) is 31.1 Å². The van der Waals surface area contributed by atoms with Crippen LogP contribution in [0, 0.1) is 17.8 Å². The Balaban J connectivity index is 1.81. The van der Waals surface area contributed by atoms with Crippen LogP contribution in [0.15, 0.2) is 11.1 Å². The first kappa shape index (κ1) is 28.2. The van der Waals surface area contributed by atoms with Gasteiger partial charge in [0.15, 0.2) is 22.8 Å². The van der Waals surface area contributed by atoms with Crippen LogP contribution in [0.1, 0.15) is 126 Å². The largest absolute Gasteiger partial charge is 0.378 e. The number of ketones is 2. The molecule has 33 heavy (non-hydrogen) atoms. The minimum absolute atomic E-state index is 0.246. The predicted octanol–water partition coefficient (Wildman–Crippen LogP) is 6.97. The molecule has 0 radical (unpaired) electrons. The number of hydrogen-bond donors (Lipinski definition) is 1. The summed E-state index contributed by atoms with van der Waals surface area (Å²) < 4.78 is 6.36. The van der Waals surface area contributed by atoms with Crippen molar-refractivity contribution in [1.29, 1.82) is 0 Å². The third-order valence-corrected chi connectivity index (χ3v) is 8.58. The van der Waals surface area contributed by atoms with Gasteiger partial charge < -0.3 is 9.84 Å². The van der Waals surface area contributed by atoms with Gasteiger partial charge in [-0.15, -0.1) is 0 Å². The fourth-order valence-corrected chi connectivity index (χ4v) is 5.86. The van der Waals surface area contributed by atoms with E-state index in [1.807, 2.05) is 6.92 Å². The summed E-state index contributed by atoms with van der Waals surface area (Å²) in [6.45, 7) is 16.3. The van der Waals surface area contributed by atoms with Gasteiger partial charge in [0.25, 0.3) is 0 Å². The van der Waals surface area contributed by atoms with E-state index in [2.05, 4.69) is 27.7 Å². The summed E-state index contributed by atoms with van der Waals surface area (Å²) in [6, 6.07) is 0. The maximum Gasteiger partial charge on any atom is 0.193 e. The summed E-state index contributed by atoms with van der Waals surface area (Å²) in [5.74, 6) is 1.71. The number of fused-ring (bicyclic) bond motifs is 1. The van der Waals surface area contributed by atoms with Crippen LogP contribution in [0.3, 0.4) is 0 Å². The number of Topliss-reactive ketones (excluding diaryl/α,β-unsaturated/α-hetero) is 2. The zero-order valence-corrected chi connectivity index (χ0v) is 22.7. The van der Waals surface area contributed by atoms with Gasteiger partial charge in [-0.25, -0.2) is 0 Å². The molecule has 1 fully saturated rings. The average molecular weight is 463 g/mol. The van der Waals surface area contributed by atoms with E-state index in [9.17, 15) is 14.7 Å². The molecule has 0 aromatic carbocycles. The smallest absolute Gasteiger partial charge is 0.193 e. The summed E-state index contributed by atoms with van der Waals surface area (Å²) in [4.78, 5) is 25.9. The van der Waals surface area contributed by atoms with Crippen molar-refractivity contribution in [2.45, 2.75) is 143 Å². The monoisotopic (exact) mass is 462 g/mol. The SMILES string of the molecule is CC1=C(C)C(=O)[C@@]2(C)O[C@@](C)(CCC[C@@H](C)CCC[C@@H](C)CCCC(C)C)CC[C@@]2(O)C1=O. The average Bonchev–Trinajstić information content (AvgIpc) is 2.73. The minimum Gasteiger partial charge on any atom is -0.378 e. The number of hydrogen-bond acceptors (Lipinski definition) is 4. The van der Waals surface area contributed by atoms with Crippen molar-refractivity contribution in [1.82, 2.24) is 0 Å². The first-order chi connectivity index (χ1) is 15.3. The van der Waals surface area contributed by atoms with E-state index in [1.165, 1.54) is 38.5 Å². The highest BCUT2D eigenvalue weighted by molar-refractivity contribution is 6.19. The molecule has 0 unspecified atom stereocenters. The van der Waals surface area contributed by atoms with E-state index in [1.54, 1.807) is 20.8 Å². The molecular formula is C29H50O4. The van der Waals surface area contributed by atoms with Crippen LogP contribution >= 0.6 is 0 Å². The molecule has 0 amide bonds. The second-order valence-corrected chi connectivity index (χ2v) is 12.2. The predicted molar refractivity (Wildman–Crippen MR) is 135 cm³/mol. The van der Waals surface area contributed by atoms with Crippen molar-refractivity contribution in [3.05, 3.63) is 11.1 Å². The van der Waals surface area contributed by atoms with Gasteiger partial charge >= 0.3 is 0 Å². The van der Waals surface area contributed by atoms with Gasteiger partial charge in [-0.1, -0.05) is 79.1 Å². The van der Waals surface area contributed by atoms with E-state index < -0.39 is 16.8 Å². The Bertz CT molecular complexity index is 738. The van der Waals surface area contributed by atoms with Crippen molar-refractivity contribution >= 4 is 11.6 Å². The molecule has 1 saturated heterocycles.